The molecule has 0 saturated carbocycles. The number of carbonyl (C=O) groups excluding carboxylic acids is 1. The fourth-order valence-corrected chi connectivity index (χ4v) is 3.41. The van der Waals surface area contributed by atoms with Crippen molar-refractivity contribution in [2.45, 2.75) is 19.4 Å². The fraction of sp³-hybridized carbons (Fsp3) is 0.250. The number of ether oxygens (including phenoxy) is 2. The Morgan fingerprint density at radius 3 is 2.78 bits per heavy atom. The van der Waals surface area contributed by atoms with Gasteiger partial charge in [-0.3, -0.25) is 9.78 Å². The third kappa shape index (κ3) is 5.04. The number of nitrogens with one attached hydrogen (secondary N) is 1. The molecule has 0 aliphatic heterocycles. The monoisotopic (exact) mass is 383 g/mol. The first-order chi connectivity index (χ1) is 13.2. The van der Waals surface area contributed by atoms with E-state index in [1.165, 1.54) is 0 Å². The Morgan fingerprint density at radius 2 is 2.04 bits per heavy atom. The van der Waals surface area contributed by atoms with Crippen LogP contribution >= 0.6 is 11.3 Å². The number of hydrogen-bond acceptors (Lipinski definition) is 6. The van der Waals surface area contributed by atoms with Crippen LogP contribution in [-0.2, 0) is 17.8 Å². The molecule has 2 heterocycles. The van der Waals surface area contributed by atoms with E-state index in [0.717, 1.165) is 21.8 Å². The largest absolute Gasteiger partial charge is 0.493 e. The fourth-order valence-electron chi connectivity index (χ4n) is 2.56. The summed E-state index contributed by atoms with van der Waals surface area (Å²) in [6.45, 7) is 0.442. The summed E-state index contributed by atoms with van der Waals surface area (Å²) in [5.41, 5.74) is 2.86. The molecule has 0 atom stereocenters. The van der Waals surface area contributed by atoms with Gasteiger partial charge in [0.2, 0.25) is 5.91 Å². The molecule has 140 valence electrons. The van der Waals surface area contributed by atoms with Crippen LogP contribution in [0.25, 0.3) is 10.6 Å². The molecule has 0 spiro atoms. The Balaban J connectivity index is 1.50. The van der Waals surface area contributed by atoms with E-state index in [1.807, 2.05) is 35.7 Å². The molecule has 0 fully saturated rings. The van der Waals surface area contributed by atoms with E-state index in [-0.39, 0.29) is 5.91 Å². The average molecular weight is 383 g/mol. The van der Waals surface area contributed by atoms with Gasteiger partial charge in [-0.2, -0.15) is 0 Å². The number of nitrogens with zero attached hydrogens (tertiary/aromatic N) is 2. The summed E-state index contributed by atoms with van der Waals surface area (Å²) < 4.78 is 10.5. The number of thiazole rings is 1. The normalized spacial score (nSPS) is 10.4. The van der Waals surface area contributed by atoms with E-state index in [0.29, 0.717) is 30.9 Å². The highest BCUT2D eigenvalue weighted by Gasteiger charge is 2.09. The lowest BCUT2D eigenvalue weighted by molar-refractivity contribution is -0.121. The molecule has 1 amide bonds. The smallest absolute Gasteiger partial charge is 0.220 e. The van der Waals surface area contributed by atoms with Crippen molar-refractivity contribution >= 4 is 17.2 Å². The van der Waals surface area contributed by atoms with Crippen molar-refractivity contribution in [2.75, 3.05) is 14.2 Å². The highest BCUT2D eigenvalue weighted by atomic mass is 32.1. The van der Waals surface area contributed by atoms with Crippen LogP contribution in [0.3, 0.4) is 0 Å². The molecule has 0 aliphatic rings. The minimum Gasteiger partial charge on any atom is -0.493 e. The van der Waals surface area contributed by atoms with Crippen molar-refractivity contribution in [3.63, 3.8) is 0 Å². The second-order valence-corrected chi connectivity index (χ2v) is 6.71. The lowest BCUT2D eigenvalue weighted by atomic mass is 10.2. The van der Waals surface area contributed by atoms with Crippen molar-refractivity contribution in [2.24, 2.45) is 0 Å². The molecule has 1 N–H and O–H groups in total. The molecule has 0 radical (unpaired) electrons. The van der Waals surface area contributed by atoms with E-state index >= 15 is 0 Å². The van der Waals surface area contributed by atoms with Gasteiger partial charge in [0.1, 0.15) is 5.01 Å². The molecule has 0 unspecified atom stereocenters. The van der Waals surface area contributed by atoms with Crippen LogP contribution in [0.2, 0.25) is 0 Å². The zero-order chi connectivity index (χ0) is 19.1. The third-order valence-corrected chi connectivity index (χ3v) is 4.95. The van der Waals surface area contributed by atoms with Gasteiger partial charge in [-0.05, 0) is 36.2 Å². The quantitative estimate of drug-likeness (QED) is 0.645. The van der Waals surface area contributed by atoms with E-state index in [2.05, 4.69) is 15.3 Å². The lowest BCUT2D eigenvalue weighted by Crippen LogP contribution is -2.23. The molecule has 0 aliphatic carbocycles. The molecular weight excluding hydrogens is 362 g/mol. The highest BCUT2D eigenvalue weighted by Crippen LogP contribution is 2.27. The van der Waals surface area contributed by atoms with Crippen molar-refractivity contribution < 1.29 is 14.3 Å². The topological polar surface area (TPSA) is 73.3 Å². The SMILES string of the molecule is COc1ccc(CNC(=O)CCc2csc(-c3cccnc3)n2)cc1OC. The number of amides is 1. The van der Waals surface area contributed by atoms with Crippen LogP contribution in [0.1, 0.15) is 17.7 Å². The number of carbonyl (C=O) groups is 1. The molecule has 7 heteroatoms. The van der Waals surface area contributed by atoms with E-state index in [4.69, 9.17) is 9.47 Å². The summed E-state index contributed by atoms with van der Waals surface area (Å²) in [6, 6.07) is 9.46. The molecule has 27 heavy (non-hydrogen) atoms. The van der Waals surface area contributed by atoms with Crippen LogP contribution in [0, 0.1) is 0 Å². The van der Waals surface area contributed by atoms with Gasteiger partial charge in [-0.1, -0.05) is 6.07 Å². The molecular formula is C20H21N3O3S. The summed E-state index contributed by atoms with van der Waals surface area (Å²) in [5.74, 6) is 1.30. The van der Waals surface area contributed by atoms with Gasteiger partial charge in [0.25, 0.3) is 0 Å². The number of aromatic nitrogens is 2. The van der Waals surface area contributed by atoms with Crippen molar-refractivity contribution in [1.82, 2.24) is 15.3 Å². The predicted octanol–water partition coefficient (Wildman–Crippen LogP) is 3.47. The first-order valence-corrected chi connectivity index (χ1v) is 9.40. The van der Waals surface area contributed by atoms with Crippen molar-refractivity contribution in [1.29, 1.82) is 0 Å². The summed E-state index contributed by atoms with van der Waals surface area (Å²) in [4.78, 5) is 20.8. The minimum atomic E-state index is -0.0132. The van der Waals surface area contributed by atoms with Gasteiger partial charge in [0.15, 0.2) is 11.5 Å². The predicted molar refractivity (Wildman–Crippen MR) is 105 cm³/mol. The molecule has 6 nitrogen and oxygen atoms in total. The van der Waals surface area contributed by atoms with Crippen molar-refractivity contribution in [3.05, 3.63) is 59.4 Å². The number of pyridine rings is 1. The Morgan fingerprint density at radius 1 is 1.19 bits per heavy atom. The Bertz CT molecular complexity index is 896. The molecule has 0 saturated heterocycles. The summed E-state index contributed by atoms with van der Waals surface area (Å²) >= 11 is 1.56. The van der Waals surface area contributed by atoms with Crippen LogP contribution in [0.4, 0.5) is 0 Å². The molecule has 3 aromatic rings. The minimum absolute atomic E-state index is 0.0132. The van der Waals surface area contributed by atoms with Crippen LogP contribution in [0.5, 0.6) is 11.5 Å². The summed E-state index contributed by atoms with van der Waals surface area (Å²) in [7, 11) is 3.19. The van der Waals surface area contributed by atoms with E-state index in [9.17, 15) is 4.79 Å². The maximum absolute atomic E-state index is 12.1. The van der Waals surface area contributed by atoms with Gasteiger partial charge >= 0.3 is 0 Å². The number of methoxy groups -OCH3 is 2. The van der Waals surface area contributed by atoms with E-state index < -0.39 is 0 Å². The lowest BCUT2D eigenvalue weighted by Gasteiger charge is -2.10. The number of rotatable bonds is 8. The first kappa shape index (κ1) is 18.8. The number of hydrogen-bond donors (Lipinski definition) is 1. The average Bonchev–Trinajstić information content (AvgIpc) is 3.20. The van der Waals surface area contributed by atoms with Crippen molar-refractivity contribution in [3.8, 4) is 22.1 Å². The zero-order valence-electron chi connectivity index (χ0n) is 15.3. The maximum Gasteiger partial charge on any atom is 0.220 e. The van der Waals surface area contributed by atoms with Gasteiger partial charge in [-0.15, -0.1) is 11.3 Å². The molecule has 1 aromatic carbocycles. The van der Waals surface area contributed by atoms with Crippen LogP contribution < -0.4 is 14.8 Å². The second kappa shape index (κ2) is 9.14. The van der Waals surface area contributed by atoms with Gasteiger partial charge in [-0.25, -0.2) is 4.98 Å². The number of aryl methyl sites for hydroxylation is 1. The summed E-state index contributed by atoms with van der Waals surface area (Å²) in [5, 5.41) is 5.84. The third-order valence-electron chi connectivity index (χ3n) is 4.01. The standard InChI is InChI=1S/C20H21N3O3S/c1-25-17-7-5-14(10-18(17)26-2)11-22-19(24)8-6-16-13-27-20(23-16)15-4-3-9-21-12-15/h3-5,7,9-10,12-13H,6,8,11H2,1-2H3,(H,22,24). The Labute approximate surface area is 162 Å². The maximum atomic E-state index is 12.1. The first-order valence-electron chi connectivity index (χ1n) is 8.52. The Kier molecular flexibility index (Phi) is 6.38. The highest BCUT2D eigenvalue weighted by molar-refractivity contribution is 7.13. The molecule has 0 bridgehead atoms. The van der Waals surface area contributed by atoms with E-state index in [1.54, 1.807) is 38.0 Å². The molecule has 3 rings (SSSR count). The Hall–Kier alpha value is -2.93. The second-order valence-electron chi connectivity index (χ2n) is 5.85. The number of benzene rings is 1. The summed E-state index contributed by atoms with van der Waals surface area (Å²) in [6.07, 6.45) is 4.53. The van der Waals surface area contributed by atoms with Gasteiger partial charge in [0.05, 0.1) is 19.9 Å². The van der Waals surface area contributed by atoms with Crippen LogP contribution in [0.15, 0.2) is 48.1 Å². The molecule has 2 aromatic heterocycles. The van der Waals surface area contributed by atoms with Gasteiger partial charge < -0.3 is 14.8 Å². The van der Waals surface area contributed by atoms with Crippen LogP contribution in [-0.4, -0.2) is 30.1 Å². The zero-order valence-corrected chi connectivity index (χ0v) is 16.1. The van der Waals surface area contributed by atoms with Gasteiger partial charge in [0, 0.05) is 36.3 Å².